The Morgan fingerprint density at radius 1 is 1.44 bits per heavy atom. The summed E-state index contributed by atoms with van der Waals surface area (Å²) in [6.07, 6.45) is 0. The quantitative estimate of drug-likeness (QED) is 0.884. The van der Waals surface area contributed by atoms with Crippen molar-refractivity contribution < 1.29 is 4.74 Å². The maximum absolute atomic E-state index is 5.21. The summed E-state index contributed by atoms with van der Waals surface area (Å²) in [7, 11) is 1.68. The second-order valence-electron chi connectivity index (χ2n) is 3.40. The van der Waals surface area contributed by atoms with Crippen molar-refractivity contribution in [1.29, 1.82) is 0 Å². The van der Waals surface area contributed by atoms with Crippen LogP contribution in [-0.4, -0.2) is 17.3 Å². The Labute approximate surface area is 98.3 Å². The number of nitrogens with zero attached hydrogens (tertiary/aromatic N) is 2. The van der Waals surface area contributed by atoms with Gasteiger partial charge in [-0.1, -0.05) is 23.5 Å². The van der Waals surface area contributed by atoms with E-state index in [1.807, 2.05) is 19.1 Å². The fourth-order valence-corrected chi connectivity index (χ4v) is 1.92. The van der Waals surface area contributed by atoms with Crippen LogP contribution in [0.5, 0.6) is 5.75 Å². The van der Waals surface area contributed by atoms with Gasteiger partial charge in [-0.2, -0.15) is 0 Å². The molecule has 0 aliphatic rings. The van der Waals surface area contributed by atoms with Gasteiger partial charge in [0.05, 0.1) is 7.11 Å². The number of ether oxygens (including phenoxy) is 1. The lowest BCUT2D eigenvalue weighted by molar-refractivity contribution is 0.411. The van der Waals surface area contributed by atoms with Gasteiger partial charge in [-0.25, -0.2) is 0 Å². The Morgan fingerprint density at radius 2 is 2.31 bits per heavy atom. The van der Waals surface area contributed by atoms with Crippen molar-refractivity contribution in [3.63, 3.8) is 0 Å². The molecular weight excluding hydrogens is 222 g/mol. The smallest absolute Gasteiger partial charge is 0.205 e. The van der Waals surface area contributed by atoms with Crippen molar-refractivity contribution in [3.8, 4) is 5.75 Å². The molecule has 0 saturated carbocycles. The van der Waals surface area contributed by atoms with Crippen molar-refractivity contribution in [2.45, 2.75) is 13.5 Å². The molecule has 0 atom stereocenters. The van der Waals surface area contributed by atoms with Crippen LogP contribution in [-0.2, 0) is 6.54 Å². The minimum atomic E-state index is 0.750. The lowest BCUT2D eigenvalue weighted by Gasteiger charge is -2.07. The highest BCUT2D eigenvalue weighted by Gasteiger charge is 2.00. The van der Waals surface area contributed by atoms with E-state index in [4.69, 9.17) is 4.74 Å². The van der Waals surface area contributed by atoms with E-state index < -0.39 is 0 Å². The average Bonchev–Trinajstić information content (AvgIpc) is 2.79. The highest BCUT2D eigenvalue weighted by molar-refractivity contribution is 7.13. The highest BCUT2D eigenvalue weighted by Crippen LogP contribution is 2.19. The Hall–Kier alpha value is -1.62. The highest BCUT2D eigenvalue weighted by atomic mass is 32.1. The van der Waals surface area contributed by atoms with Crippen LogP contribution in [0.4, 0.5) is 5.13 Å². The first-order valence-corrected chi connectivity index (χ1v) is 5.81. The van der Waals surface area contributed by atoms with Gasteiger partial charge in [0, 0.05) is 6.54 Å². The molecule has 2 aromatic rings. The summed E-state index contributed by atoms with van der Waals surface area (Å²) in [5.74, 6) is 0.916. The molecule has 0 unspecified atom stereocenters. The van der Waals surface area contributed by atoms with E-state index in [0.29, 0.717) is 0 Å². The summed E-state index contributed by atoms with van der Waals surface area (Å²) in [5.41, 5.74) is 4.05. The van der Waals surface area contributed by atoms with Crippen LogP contribution in [0.2, 0.25) is 0 Å². The normalized spacial score (nSPS) is 10.1. The third-order valence-electron chi connectivity index (χ3n) is 2.26. The van der Waals surface area contributed by atoms with Gasteiger partial charge in [0.1, 0.15) is 11.3 Å². The number of rotatable bonds is 4. The van der Waals surface area contributed by atoms with Gasteiger partial charge in [-0.05, 0) is 24.1 Å². The Bertz CT molecular complexity index is 456. The Balaban J connectivity index is 2.02. The summed E-state index contributed by atoms with van der Waals surface area (Å²) in [4.78, 5) is 0. The van der Waals surface area contributed by atoms with Crippen LogP contribution < -0.4 is 10.1 Å². The van der Waals surface area contributed by atoms with Crippen LogP contribution in [0.1, 0.15) is 11.1 Å². The third kappa shape index (κ3) is 2.49. The van der Waals surface area contributed by atoms with E-state index in [2.05, 4.69) is 21.6 Å². The van der Waals surface area contributed by atoms with Crippen molar-refractivity contribution in [2.24, 2.45) is 0 Å². The molecule has 5 heteroatoms. The predicted octanol–water partition coefficient (Wildman–Crippen LogP) is 2.47. The summed E-state index contributed by atoms with van der Waals surface area (Å²) >= 11 is 1.50. The SMILES string of the molecule is COc1ccc(CNc2nncs2)cc1C. The molecule has 0 aliphatic carbocycles. The second kappa shape index (κ2) is 4.94. The number of anilines is 1. The molecule has 0 spiro atoms. The minimum Gasteiger partial charge on any atom is -0.496 e. The number of aryl methyl sites for hydroxylation is 1. The molecule has 0 aliphatic heterocycles. The summed E-state index contributed by atoms with van der Waals surface area (Å²) < 4.78 is 5.21. The topological polar surface area (TPSA) is 47.0 Å². The van der Waals surface area contributed by atoms with Crippen LogP contribution in [0.3, 0.4) is 0 Å². The molecule has 2 rings (SSSR count). The van der Waals surface area contributed by atoms with Gasteiger partial charge in [-0.3, -0.25) is 0 Å². The zero-order chi connectivity index (χ0) is 11.4. The van der Waals surface area contributed by atoms with Crippen LogP contribution >= 0.6 is 11.3 Å². The predicted molar refractivity (Wildman–Crippen MR) is 65.0 cm³/mol. The summed E-state index contributed by atoms with van der Waals surface area (Å²) in [5, 5.41) is 11.7. The number of nitrogens with one attached hydrogen (secondary N) is 1. The maximum atomic E-state index is 5.21. The monoisotopic (exact) mass is 235 g/mol. The lowest BCUT2D eigenvalue weighted by atomic mass is 10.1. The molecule has 4 nitrogen and oxygen atoms in total. The number of benzene rings is 1. The largest absolute Gasteiger partial charge is 0.496 e. The lowest BCUT2D eigenvalue weighted by Crippen LogP contribution is -1.99. The van der Waals surface area contributed by atoms with Crippen LogP contribution in [0.15, 0.2) is 23.7 Å². The van der Waals surface area contributed by atoms with Crippen LogP contribution in [0.25, 0.3) is 0 Å². The molecule has 84 valence electrons. The van der Waals surface area contributed by atoms with E-state index in [9.17, 15) is 0 Å². The van der Waals surface area contributed by atoms with Crippen molar-refractivity contribution in [2.75, 3.05) is 12.4 Å². The number of hydrogen-bond acceptors (Lipinski definition) is 5. The molecule has 1 aromatic heterocycles. The first-order valence-electron chi connectivity index (χ1n) is 4.93. The van der Waals surface area contributed by atoms with E-state index >= 15 is 0 Å². The van der Waals surface area contributed by atoms with Gasteiger partial charge in [0.2, 0.25) is 5.13 Å². The number of hydrogen-bond donors (Lipinski definition) is 1. The van der Waals surface area contributed by atoms with E-state index in [1.165, 1.54) is 16.9 Å². The molecule has 0 saturated heterocycles. The van der Waals surface area contributed by atoms with E-state index in [1.54, 1.807) is 12.6 Å². The molecule has 1 aromatic carbocycles. The maximum Gasteiger partial charge on any atom is 0.205 e. The average molecular weight is 235 g/mol. The standard InChI is InChI=1S/C11H13N3OS/c1-8-5-9(3-4-10(8)15-2)6-12-11-14-13-7-16-11/h3-5,7H,6H2,1-2H3,(H,12,14). The van der Waals surface area contributed by atoms with Crippen molar-refractivity contribution >= 4 is 16.5 Å². The minimum absolute atomic E-state index is 0.750. The second-order valence-corrected chi connectivity index (χ2v) is 4.23. The van der Waals surface area contributed by atoms with E-state index in [-0.39, 0.29) is 0 Å². The zero-order valence-corrected chi connectivity index (χ0v) is 10.0. The van der Waals surface area contributed by atoms with Crippen molar-refractivity contribution in [3.05, 3.63) is 34.8 Å². The summed E-state index contributed by atoms with van der Waals surface area (Å²) in [6, 6.07) is 6.12. The summed E-state index contributed by atoms with van der Waals surface area (Å²) in [6.45, 7) is 2.79. The molecule has 0 radical (unpaired) electrons. The molecule has 0 amide bonds. The Morgan fingerprint density at radius 3 is 2.94 bits per heavy atom. The van der Waals surface area contributed by atoms with Gasteiger partial charge in [0.25, 0.3) is 0 Å². The van der Waals surface area contributed by atoms with Crippen molar-refractivity contribution in [1.82, 2.24) is 10.2 Å². The van der Waals surface area contributed by atoms with Gasteiger partial charge in [-0.15, -0.1) is 10.2 Å². The molecular formula is C11H13N3OS. The fraction of sp³-hybridized carbons (Fsp3) is 0.273. The van der Waals surface area contributed by atoms with Gasteiger partial charge >= 0.3 is 0 Å². The molecule has 16 heavy (non-hydrogen) atoms. The fourth-order valence-electron chi connectivity index (χ4n) is 1.48. The molecule has 1 heterocycles. The zero-order valence-electron chi connectivity index (χ0n) is 9.23. The number of aromatic nitrogens is 2. The molecule has 1 N–H and O–H groups in total. The van der Waals surface area contributed by atoms with Gasteiger partial charge < -0.3 is 10.1 Å². The molecule has 0 fully saturated rings. The van der Waals surface area contributed by atoms with Gasteiger partial charge in [0.15, 0.2) is 0 Å². The van der Waals surface area contributed by atoms with E-state index in [0.717, 1.165) is 23.0 Å². The first-order chi connectivity index (χ1) is 7.79. The Kier molecular flexibility index (Phi) is 3.36. The molecule has 0 bridgehead atoms. The third-order valence-corrected chi connectivity index (χ3v) is 2.91. The first kappa shape index (κ1) is 10.9. The number of methoxy groups -OCH3 is 1. The van der Waals surface area contributed by atoms with Crippen LogP contribution in [0, 0.1) is 6.92 Å².